The molecule has 1 N–H and O–H groups in total. The average Bonchev–Trinajstić information content (AvgIpc) is 3.55. The van der Waals surface area contributed by atoms with Gasteiger partial charge in [0.1, 0.15) is 24.0 Å². The van der Waals surface area contributed by atoms with Crippen molar-refractivity contribution in [2.45, 2.75) is 31.7 Å². The Morgan fingerprint density at radius 2 is 2.21 bits per heavy atom. The van der Waals surface area contributed by atoms with Gasteiger partial charge in [0.2, 0.25) is 0 Å². The molecule has 0 bridgehead atoms. The summed E-state index contributed by atoms with van der Waals surface area (Å²) in [6.07, 6.45) is 2.89. The molecule has 1 unspecified atom stereocenters. The number of hydrogen-bond donors (Lipinski definition) is 1. The highest BCUT2D eigenvalue weighted by Crippen LogP contribution is 2.44. The van der Waals surface area contributed by atoms with Gasteiger partial charge in [-0.1, -0.05) is 17.7 Å². The number of rotatable bonds is 4. The maximum atomic E-state index is 16.1. The Hall–Kier alpha value is -3.39. The third-order valence-corrected chi connectivity index (χ3v) is 8.95. The average molecular weight is 557 g/mol. The van der Waals surface area contributed by atoms with E-state index in [4.69, 9.17) is 16.3 Å². The second kappa shape index (κ2) is 9.12. The first-order valence-corrected chi connectivity index (χ1v) is 13.2. The van der Waals surface area contributed by atoms with E-state index in [0.29, 0.717) is 29.7 Å². The molecule has 6 rings (SSSR count). The first-order valence-electron chi connectivity index (χ1n) is 12.0. The van der Waals surface area contributed by atoms with Crippen molar-refractivity contribution in [1.29, 1.82) is 5.26 Å². The number of fused-ring (bicyclic) bond motifs is 3. The molecule has 0 spiro atoms. The molecule has 0 saturated carbocycles. The lowest BCUT2D eigenvalue weighted by Crippen LogP contribution is -2.43. The Balaban J connectivity index is 1.46. The maximum absolute atomic E-state index is 16.1. The van der Waals surface area contributed by atoms with Crippen LogP contribution in [0.3, 0.4) is 0 Å². The number of halogens is 4. The first-order chi connectivity index (χ1) is 18.3. The SMILES string of the molecule is Cc1sc2c(F)ccc(-c3c(Cl)cc4c(=O)[nH]c(OCC56CCCN5C/C(=C\F)C6)nc4c3F)c2c1C#N. The highest BCUT2D eigenvalue weighted by atomic mass is 35.5. The van der Waals surface area contributed by atoms with Crippen LogP contribution in [0.1, 0.15) is 29.7 Å². The van der Waals surface area contributed by atoms with Gasteiger partial charge >= 0.3 is 0 Å². The zero-order chi connectivity index (χ0) is 26.8. The van der Waals surface area contributed by atoms with E-state index in [1.165, 1.54) is 18.2 Å². The zero-order valence-corrected chi connectivity index (χ0v) is 21.7. The van der Waals surface area contributed by atoms with Gasteiger partial charge in [0, 0.05) is 22.4 Å². The summed E-state index contributed by atoms with van der Waals surface area (Å²) < 4.78 is 50.0. The fourth-order valence-electron chi connectivity index (χ4n) is 5.78. The van der Waals surface area contributed by atoms with Gasteiger partial charge in [0.05, 0.1) is 32.5 Å². The van der Waals surface area contributed by atoms with Crippen LogP contribution in [-0.2, 0) is 0 Å². The predicted octanol–water partition coefficient (Wildman–Crippen LogP) is 6.39. The summed E-state index contributed by atoms with van der Waals surface area (Å²) in [6.45, 7) is 3.19. The number of thiophene rings is 1. The van der Waals surface area contributed by atoms with Crippen LogP contribution < -0.4 is 10.3 Å². The third-order valence-electron chi connectivity index (χ3n) is 7.54. The fraction of sp³-hybridized carbons (Fsp3) is 0.296. The van der Waals surface area contributed by atoms with Crippen LogP contribution in [-0.4, -0.2) is 40.1 Å². The van der Waals surface area contributed by atoms with Crippen molar-refractivity contribution in [3.05, 3.63) is 67.6 Å². The number of aromatic nitrogens is 2. The quantitative estimate of drug-likeness (QED) is 0.315. The van der Waals surface area contributed by atoms with Crippen molar-refractivity contribution < 1.29 is 17.9 Å². The summed E-state index contributed by atoms with van der Waals surface area (Å²) in [5.41, 5.74) is -0.241. The number of H-pyrrole nitrogens is 1. The first kappa shape index (κ1) is 24.9. The van der Waals surface area contributed by atoms with Crippen molar-refractivity contribution in [1.82, 2.24) is 14.9 Å². The number of benzene rings is 2. The Labute approximate surface area is 223 Å². The van der Waals surface area contributed by atoms with Crippen molar-refractivity contribution in [3.63, 3.8) is 0 Å². The van der Waals surface area contributed by atoms with E-state index >= 15 is 4.39 Å². The van der Waals surface area contributed by atoms with Crippen molar-refractivity contribution in [2.75, 3.05) is 19.7 Å². The van der Waals surface area contributed by atoms with Gasteiger partial charge in [-0.15, -0.1) is 11.3 Å². The van der Waals surface area contributed by atoms with Crippen LogP contribution in [0, 0.1) is 29.9 Å². The highest BCUT2D eigenvalue weighted by Gasteiger charge is 2.47. The Bertz CT molecular complexity index is 1780. The molecule has 2 aromatic carbocycles. The second-order valence-electron chi connectivity index (χ2n) is 9.74. The van der Waals surface area contributed by atoms with Crippen LogP contribution in [0.4, 0.5) is 13.2 Å². The summed E-state index contributed by atoms with van der Waals surface area (Å²) in [5.74, 6) is -1.41. The zero-order valence-electron chi connectivity index (χ0n) is 20.1. The van der Waals surface area contributed by atoms with Gasteiger partial charge < -0.3 is 4.74 Å². The summed E-state index contributed by atoms with van der Waals surface area (Å²) in [5, 5.41) is 9.81. The largest absolute Gasteiger partial charge is 0.463 e. The molecular formula is C27H20ClF3N4O2S. The number of nitriles is 1. The summed E-state index contributed by atoms with van der Waals surface area (Å²) in [6, 6.07) is 5.78. The fourth-order valence-corrected chi connectivity index (χ4v) is 7.11. The van der Waals surface area contributed by atoms with E-state index in [0.717, 1.165) is 30.7 Å². The van der Waals surface area contributed by atoms with Gasteiger partial charge in [-0.2, -0.15) is 10.2 Å². The molecule has 2 aromatic heterocycles. The monoisotopic (exact) mass is 556 g/mol. The third kappa shape index (κ3) is 3.72. The Morgan fingerprint density at radius 3 is 2.97 bits per heavy atom. The van der Waals surface area contributed by atoms with E-state index in [1.807, 2.05) is 0 Å². The normalized spacial score (nSPS) is 20.5. The van der Waals surface area contributed by atoms with Gasteiger partial charge in [0.25, 0.3) is 11.6 Å². The van der Waals surface area contributed by atoms with Crippen LogP contribution in [0.2, 0.25) is 5.02 Å². The van der Waals surface area contributed by atoms with Crippen LogP contribution in [0.25, 0.3) is 32.1 Å². The molecule has 2 aliphatic rings. The Kier molecular flexibility index (Phi) is 5.98. The molecule has 1 atom stereocenters. The molecule has 2 saturated heterocycles. The summed E-state index contributed by atoms with van der Waals surface area (Å²) in [7, 11) is 0. The van der Waals surface area contributed by atoms with Crippen molar-refractivity contribution in [2.24, 2.45) is 0 Å². The molecule has 2 aliphatic heterocycles. The molecule has 38 heavy (non-hydrogen) atoms. The number of nitrogens with one attached hydrogen (secondary N) is 1. The van der Waals surface area contributed by atoms with Gasteiger partial charge in [-0.25, -0.2) is 13.2 Å². The molecule has 4 heterocycles. The molecule has 11 heteroatoms. The minimum Gasteiger partial charge on any atom is -0.463 e. The van der Waals surface area contributed by atoms with Crippen molar-refractivity contribution in [3.8, 4) is 23.2 Å². The molecule has 2 fully saturated rings. The molecule has 4 aromatic rings. The minimum atomic E-state index is -0.881. The number of aryl methyl sites for hydroxylation is 1. The molecule has 0 amide bonds. The van der Waals surface area contributed by atoms with E-state index < -0.39 is 22.7 Å². The highest BCUT2D eigenvalue weighted by molar-refractivity contribution is 7.19. The van der Waals surface area contributed by atoms with Crippen molar-refractivity contribution >= 4 is 43.9 Å². The molecule has 6 nitrogen and oxygen atoms in total. The summed E-state index contributed by atoms with van der Waals surface area (Å²) in [4.78, 5) is 22.4. The Morgan fingerprint density at radius 1 is 1.39 bits per heavy atom. The number of nitrogens with zero attached hydrogens (tertiary/aromatic N) is 3. The lowest BCUT2D eigenvalue weighted by Gasteiger charge is -2.30. The molecular weight excluding hydrogens is 537 g/mol. The maximum Gasteiger partial charge on any atom is 0.297 e. The number of aromatic amines is 1. The van der Waals surface area contributed by atoms with E-state index in [-0.39, 0.29) is 55.3 Å². The van der Waals surface area contributed by atoms with E-state index in [2.05, 4.69) is 20.9 Å². The topological polar surface area (TPSA) is 82.0 Å². The molecule has 0 radical (unpaired) electrons. The van der Waals surface area contributed by atoms with E-state index in [1.54, 1.807) is 6.92 Å². The van der Waals surface area contributed by atoms with Crippen LogP contribution in [0.5, 0.6) is 6.01 Å². The smallest absolute Gasteiger partial charge is 0.297 e. The predicted molar refractivity (Wildman–Crippen MR) is 140 cm³/mol. The molecule has 194 valence electrons. The minimum absolute atomic E-state index is 0.0754. The second-order valence-corrected chi connectivity index (χ2v) is 11.4. The number of hydrogen-bond acceptors (Lipinski definition) is 6. The van der Waals surface area contributed by atoms with Crippen LogP contribution >= 0.6 is 22.9 Å². The lowest BCUT2D eigenvalue weighted by atomic mass is 9.94. The van der Waals surface area contributed by atoms with Crippen LogP contribution in [0.15, 0.2) is 34.9 Å². The lowest BCUT2D eigenvalue weighted by molar-refractivity contribution is 0.107. The standard InChI is InChI=1S/C27H20ClF3N4O2S/c1-13-17(10-32)20-15(3-4-19(30)24(20)38-13)21-18(28)7-16-23(22(21)31)33-26(34-25(16)36)37-12-27-5-2-6-35(27)11-14(8-27)9-29/h3-4,7,9H,2,5-6,8,11-12H2,1H3,(H,33,34,36)/b14-9-. The van der Waals surface area contributed by atoms with Gasteiger partial charge in [0.15, 0.2) is 5.82 Å². The summed E-state index contributed by atoms with van der Waals surface area (Å²) >= 11 is 7.57. The van der Waals surface area contributed by atoms with E-state index in [9.17, 15) is 18.8 Å². The van der Waals surface area contributed by atoms with Gasteiger partial charge in [-0.05, 0) is 56.0 Å². The molecule has 0 aliphatic carbocycles. The van der Waals surface area contributed by atoms with Gasteiger partial charge in [-0.3, -0.25) is 14.7 Å². The number of ether oxygens (including phenoxy) is 1.